The number of thiocarbonyl (C=S) groups is 1. The van der Waals surface area contributed by atoms with E-state index in [1.54, 1.807) is 0 Å². The lowest BCUT2D eigenvalue weighted by molar-refractivity contribution is -0.570. The highest BCUT2D eigenvalue weighted by molar-refractivity contribution is 7.78. The fourth-order valence-electron chi connectivity index (χ4n) is 4.25. The lowest BCUT2D eigenvalue weighted by Crippen LogP contribution is -2.68. The Morgan fingerprint density at radius 1 is 1.06 bits per heavy atom. The Morgan fingerprint density at radius 2 is 1.69 bits per heavy atom. The Hall–Kier alpha value is -3.07. The van der Waals surface area contributed by atoms with E-state index in [1.807, 2.05) is 0 Å². The van der Waals surface area contributed by atoms with Gasteiger partial charge in [0.05, 0.1) is 23.7 Å². The van der Waals surface area contributed by atoms with Crippen molar-refractivity contribution in [3.05, 3.63) is 20.2 Å². The van der Waals surface area contributed by atoms with Gasteiger partial charge in [-0.05, 0) is 18.6 Å². The van der Waals surface area contributed by atoms with Crippen molar-refractivity contribution in [3.63, 3.8) is 0 Å². The summed E-state index contributed by atoms with van der Waals surface area (Å²) in [4.78, 5) is 60.8. The summed E-state index contributed by atoms with van der Waals surface area (Å²) in [5.74, 6) is -2.17. The van der Waals surface area contributed by atoms with E-state index in [4.69, 9.17) is 18.9 Å². The van der Waals surface area contributed by atoms with Crippen molar-refractivity contribution in [1.82, 2.24) is 5.32 Å². The highest BCUT2D eigenvalue weighted by Crippen LogP contribution is 2.30. The van der Waals surface area contributed by atoms with E-state index in [9.17, 15) is 34.6 Å². The van der Waals surface area contributed by atoms with Gasteiger partial charge in [-0.15, -0.1) is 0 Å². The normalized spacial score (nSPS) is 32.4. The number of isothiocyanates is 1. The number of hydrogen-bond donors (Lipinski definition) is 1. The molecule has 2 fully saturated rings. The number of nitrogens with one attached hydrogen (secondary N) is 1. The third kappa shape index (κ3) is 7.71. The molecule has 0 aromatic rings. The molecule has 15 nitrogen and oxygen atoms in total. The third-order valence-corrected chi connectivity index (χ3v) is 5.77. The van der Waals surface area contributed by atoms with E-state index in [1.165, 1.54) is 0 Å². The molecule has 0 bridgehead atoms. The molecule has 1 saturated carbocycles. The van der Waals surface area contributed by atoms with Crippen LogP contribution in [-0.2, 0) is 33.3 Å². The summed E-state index contributed by atoms with van der Waals surface area (Å²) < 4.78 is 21.6. The van der Waals surface area contributed by atoms with E-state index in [-0.39, 0.29) is 25.9 Å². The Morgan fingerprint density at radius 3 is 2.20 bits per heavy atom. The minimum Gasteiger partial charge on any atom is -0.463 e. The van der Waals surface area contributed by atoms with Crippen LogP contribution in [0.1, 0.15) is 40.0 Å². The minimum atomic E-state index is -1.33. The maximum atomic E-state index is 11.9. The number of nitro groups is 2. The summed E-state index contributed by atoms with van der Waals surface area (Å²) in [7, 11) is 0. The van der Waals surface area contributed by atoms with Crippen LogP contribution in [-0.4, -0.2) is 88.2 Å². The highest BCUT2D eigenvalue weighted by atomic mass is 32.1. The molecule has 1 aliphatic carbocycles. The topological polar surface area (TPSA) is 199 Å². The minimum absolute atomic E-state index is 0.0592. The smallest absolute Gasteiger partial charge is 0.303 e. The summed E-state index contributed by atoms with van der Waals surface area (Å²) >= 11 is 4.68. The fraction of sp³-hybridized carbons (Fsp3) is 0.789. The second kappa shape index (κ2) is 12.6. The zero-order valence-corrected chi connectivity index (χ0v) is 20.0. The maximum absolute atomic E-state index is 11.9. The molecule has 0 radical (unpaired) electrons. The summed E-state index contributed by atoms with van der Waals surface area (Å²) in [5, 5.41) is 28.0. The first kappa shape index (κ1) is 28.2. The molecule has 35 heavy (non-hydrogen) atoms. The molecule has 16 heteroatoms. The molecule has 1 saturated heterocycles. The molecule has 2 rings (SSSR count). The predicted octanol–water partition coefficient (Wildman–Crippen LogP) is 0.0419. The number of nitrogens with zero attached hydrogens (tertiary/aromatic N) is 3. The summed E-state index contributed by atoms with van der Waals surface area (Å²) in [6.07, 6.45) is -5.11. The predicted molar refractivity (Wildman–Crippen MR) is 118 cm³/mol. The zero-order valence-electron chi connectivity index (χ0n) is 19.2. The Bertz CT molecular complexity index is 896. The average Bonchev–Trinajstić information content (AvgIpc) is 2.75. The van der Waals surface area contributed by atoms with Gasteiger partial charge in [0.2, 0.25) is 12.1 Å². The molecule has 0 aromatic carbocycles. The van der Waals surface area contributed by atoms with Crippen LogP contribution in [0.3, 0.4) is 0 Å². The summed E-state index contributed by atoms with van der Waals surface area (Å²) in [6.45, 7) is 2.99. The van der Waals surface area contributed by atoms with Gasteiger partial charge < -0.3 is 18.9 Å². The lowest BCUT2D eigenvalue weighted by Gasteiger charge is -2.45. The van der Waals surface area contributed by atoms with Crippen LogP contribution in [0.4, 0.5) is 0 Å². The molecule has 1 N–H and O–H groups in total. The van der Waals surface area contributed by atoms with E-state index < -0.39 is 76.5 Å². The van der Waals surface area contributed by atoms with Gasteiger partial charge in [-0.25, -0.2) is 0 Å². The van der Waals surface area contributed by atoms with Crippen molar-refractivity contribution in [2.45, 2.75) is 88.7 Å². The number of hydrogen-bond acceptors (Lipinski definition) is 14. The van der Waals surface area contributed by atoms with E-state index in [0.29, 0.717) is 0 Å². The number of ether oxygens (including phenoxy) is 4. The van der Waals surface area contributed by atoms with Crippen LogP contribution < -0.4 is 5.32 Å². The Kier molecular flexibility index (Phi) is 10.1. The molecule has 8 atom stereocenters. The number of carbonyl (C=O) groups excluding carboxylic acids is 3. The molecule has 0 spiro atoms. The van der Waals surface area contributed by atoms with Crippen molar-refractivity contribution in [3.8, 4) is 0 Å². The van der Waals surface area contributed by atoms with Gasteiger partial charge in [0, 0.05) is 37.0 Å². The molecule has 1 aliphatic heterocycles. The van der Waals surface area contributed by atoms with Gasteiger partial charge in [-0.2, -0.15) is 4.99 Å². The second-order valence-corrected chi connectivity index (χ2v) is 8.32. The molecular formula is C19H26N4O11S. The largest absolute Gasteiger partial charge is 0.463 e. The van der Waals surface area contributed by atoms with Gasteiger partial charge >= 0.3 is 17.9 Å². The van der Waals surface area contributed by atoms with E-state index >= 15 is 0 Å². The summed E-state index contributed by atoms with van der Waals surface area (Å²) in [5.41, 5.74) is 0. The first-order valence-corrected chi connectivity index (χ1v) is 11.1. The van der Waals surface area contributed by atoms with Gasteiger partial charge in [-0.1, -0.05) is 0 Å². The van der Waals surface area contributed by atoms with Crippen LogP contribution in [0, 0.1) is 20.2 Å². The van der Waals surface area contributed by atoms with Crippen LogP contribution in [0.2, 0.25) is 0 Å². The molecule has 0 unspecified atom stereocenters. The van der Waals surface area contributed by atoms with Crippen LogP contribution in [0.15, 0.2) is 4.99 Å². The van der Waals surface area contributed by atoms with Crippen LogP contribution in [0.5, 0.6) is 0 Å². The van der Waals surface area contributed by atoms with Crippen molar-refractivity contribution < 1.29 is 43.2 Å². The maximum Gasteiger partial charge on any atom is 0.303 e. The van der Waals surface area contributed by atoms with Crippen LogP contribution in [0.25, 0.3) is 0 Å². The summed E-state index contributed by atoms with van der Waals surface area (Å²) in [6, 6.07) is -4.42. The Balaban J connectivity index is 2.43. The molecule has 194 valence electrons. The fourth-order valence-corrected chi connectivity index (χ4v) is 4.35. The van der Waals surface area contributed by atoms with Crippen molar-refractivity contribution >= 4 is 35.3 Å². The molecule has 0 aromatic heterocycles. The molecule has 1 heterocycles. The van der Waals surface area contributed by atoms with Gasteiger partial charge in [-0.3, -0.25) is 39.9 Å². The van der Waals surface area contributed by atoms with E-state index in [0.717, 1.165) is 20.8 Å². The molecular weight excluding hydrogens is 492 g/mol. The number of rotatable bonds is 9. The van der Waals surface area contributed by atoms with Crippen molar-refractivity contribution in [2.75, 3.05) is 6.61 Å². The van der Waals surface area contributed by atoms with E-state index in [2.05, 4.69) is 27.7 Å². The monoisotopic (exact) mass is 518 g/mol. The number of aliphatic imine (C=N–C) groups is 1. The highest BCUT2D eigenvalue weighted by Gasteiger charge is 2.53. The Labute approximate surface area is 204 Å². The first-order valence-electron chi connectivity index (χ1n) is 10.7. The average molecular weight is 519 g/mol. The molecule has 2 aliphatic rings. The van der Waals surface area contributed by atoms with Gasteiger partial charge in [0.25, 0.3) is 0 Å². The zero-order chi connectivity index (χ0) is 26.3. The number of carbonyl (C=O) groups is 3. The third-order valence-electron chi connectivity index (χ3n) is 5.66. The standard InChI is InChI=1S/C19H26N4O11S/c1-9(24)31-7-15-17(32-10(2)25)18(33-11(3)26)16(19(34-15)20-8-35)21-13-5-4-12(22(27)28)6-14(13)23(29)30/h12-19,21H,4-7H2,1-3H3/t12-,13+,14-,15+,16-,17+,18+,19+/m0/s1. The van der Waals surface area contributed by atoms with Crippen LogP contribution >= 0.6 is 12.2 Å². The van der Waals surface area contributed by atoms with Crippen molar-refractivity contribution in [2.24, 2.45) is 4.99 Å². The number of esters is 3. The lowest BCUT2D eigenvalue weighted by atomic mass is 9.85. The second-order valence-electron chi connectivity index (χ2n) is 8.14. The van der Waals surface area contributed by atoms with Crippen molar-refractivity contribution in [1.29, 1.82) is 0 Å². The van der Waals surface area contributed by atoms with Gasteiger partial charge in [0.1, 0.15) is 12.7 Å². The quantitative estimate of drug-likeness (QED) is 0.107. The SMILES string of the molecule is CC(=O)OC[C@H]1O[C@@H](N=C=S)[C@@H](N[C@@H]2CC[C@H]([N+](=O)[O-])C[C@@H]2[N+](=O)[O-])[C@@H](OC(C)=O)[C@@H]1OC(C)=O. The molecule has 0 amide bonds. The van der Waals surface area contributed by atoms with Gasteiger partial charge in [0.15, 0.2) is 18.4 Å². The first-order chi connectivity index (χ1) is 16.4.